The first-order chi connectivity index (χ1) is 10.1. The number of carboxylic acids is 1. The lowest BCUT2D eigenvalue weighted by molar-refractivity contribution is -0.143. The maximum Gasteiger partial charge on any atom is 0.329 e. The number of carbonyl (C=O) groups excluding carboxylic acids is 1. The minimum Gasteiger partial charge on any atom is -0.480 e. The van der Waals surface area contributed by atoms with Gasteiger partial charge in [-0.05, 0) is 35.0 Å². The van der Waals surface area contributed by atoms with E-state index < -0.39 is 18.5 Å². The number of rotatable bonds is 6. The molecule has 0 saturated carbocycles. The molecule has 110 valence electrons. The lowest BCUT2D eigenvalue weighted by atomic mass is 10.2. The Morgan fingerprint density at radius 2 is 2.19 bits per heavy atom. The third kappa shape index (κ3) is 4.08. The van der Waals surface area contributed by atoms with E-state index in [1.807, 2.05) is 13.0 Å². The third-order valence-electron chi connectivity index (χ3n) is 2.55. The van der Waals surface area contributed by atoms with E-state index in [1.54, 1.807) is 12.1 Å². The maximum atomic E-state index is 11.6. The molecule has 2 aromatic rings. The molecule has 1 aromatic carbocycles. The lowest BCUT2D eigenvalue weighted by Crippen LogP contribution is -2.20. The Bertz CT molecular complexity index is 641. The van der Waals surface area contributed by atoms with Crippen molar-refractivity contribution in [1.29, 1.82) is 0 Å². The van der Waals surface area contributed by atoms with Gasteiger partial charge < -0.3 is 15.2 Å². The summed E-state index contributed by atoms with van der Waals surface area (Å²) < 4.78 is 6.18. The van der Waals surface area contributed by atoms with Crippen molar-refractivity contribution in [3.63, 3.8) is 0 Å². The summed E-state index contributed by atoms with van der Waals surface area (Å²) in [5, 5.41) is 21.9. The first kappa shape index (κ1) is 14.6. The van der Waals surface area contributed by atoms with Crippen LogP contribution in [0.25, 0.3) is 5.69 Å². The molecule has 9 nitrogen and oxygen atoms in total. The van der Waals surface area contributed by atoms with E-state index in [1.165, 1.54) is 11.0 Å². The van der Waals surface area contributed by atoms with Crippen LogP contribution in [0.5, 0.6) is 0 Å². The van der Waals surface area contributed by atoms with Gasteiger partial charge in [0.2, 0.25) is 5.91 Å². The van der Waals surface area contributed by atoms with E-state index >= 15 is 0 Å². The van der Waals surface area contributed by atoms with Gasteiger partial charge in [0.05, 0.1) is 5.69 Å². The highest BCUT2D eigenvalue weighted by atomic mass is 16.5. The van der Waals surface area contributed by atoms with Crippen LogP contribution in [0.4, 0.5) is 5.69 Å². The van der Waals surface area contributed by atoms with Crippen LogP contribution in [0, 0.1) is 6.92 Å². The van der Waals surface area contributed by atoms with Crippen LogP contribution in [0.15, 0.2) is 24.5 Å². The quantitative estimate of drug-likeness (QED) is 0.769. The number of benzene rings is 1. The molecule has 0 unspecified atom stereocenters. The van der Waals surface area contributed by atoms with Crippen LogP contribution in [-0.2, 0) is 14.3 Å². The number of aryl methyl sites for hydroxylation is 1. The summed E-state index contributed by atoms with van der Waals surface area (Å²) >= 11 is 0. The summed E-state index contributed by atoms with van der Waals surface area (Å²) in [6.45, 7) is 1.04. The first-order valence-electron chi connectivity index (χ1n) is 5.99. The number of carboxylic acid groups (broad SMARTS) is 1. The van der Waals surface area contributed by atoms with Crippen molar-refractivity contribution in [2.75, 3.05) is 18.5 Å². The standard InChI is InChI=1S/C12H13N5O4/c1-8-2-3-9(4-10(8)17-7-13-15-16-17)14-11(18)5-21-6-12(19)20/h2-4,7H,5-6H2,1H3,(H,14,18)(H,19,20). The van der Waals surface area contributed by atoms with E-state index in [4.69, 9.17) is 9.84 Å². The van der Waals surface area contributed by atoms with Crippen molar-refractivity contribution in [2.45, 2.75) is 6.92 Å². The smallest absolute Gasteiger partial charge is 0.329 e. The van der Waals surface area contributed by atoms with Gasteiger partial charge in [-0.3, -0.25) is 4.79 Å². The van der Waals surface area contributed by atoms with Crippen LogP contribution in [-0.4, -0.2) is 50.4 Å². The predicted octanol–water partition coefficient (Wildman–Crippen LogP) is 0.0104. The van der Waals surface area contributed by atoms with Gasteiger partial charge in [0.1, 0.15) is 19.5 Å². The molecule has 2 N–H and O–H groups in total. The van der Waals surface area contributed by atoms with E-state index in [2.05, 4.69) is 20.8 Å². The zero-order valence-corrected chi connectivity index (χ0v) is 11.2. The molecule has 1 heterocycles. The highest BCUT2D eigenvalue weighted by Crippen LogP contribution is 2.18. The zero-order valence-electron chi connectivity index (χ0n) is 11.2. The van der Waals surface area contributed by atoms with Crippen molar-refractivity contribution >= 4 is 17.6 Å². The molecule has 0 bridgehead atoms. The Labute approximate surface area is 119 Å². The summed E-state index contributed by atoms with van der Waals surface area (Å²) in [5.74, 6) is -1.57. The molecule has 0 atom stereocenters. The molecule has 0 saturated heterocycles. The van der Waals surface area contributed by atoms with Crippen LogP contribution in [0.1, 0.15) is 5.56 Å². The van der Waals surface area contributed by atoms with Crippen LogP contribution < -0.4 is 5.32 Å². The van der Waals surface area contributed by atoms with Gasteiger partial charge in [-0.15, -0.1) is 5.10 Å². The lowest BCUT2D eigenvalue weighted by Gasteiger charge is -2.09. The molecule has 0 spiro atoms. The van der Waals surface area contributed by atoms with E-state index in [9.17, 15) is 9.59 Å². The highest BCUT2D eigenvalue weighted by molar-refractivity contribution is 5.92. The topological polar surface area (TPSA) is 119 Å². The summed E-state index contributed by atoms with van der Waals surface area (Å²) in [4.78, 5) is 21.9. The van der Waals surface area contributed by atoms with Crippen molar-refractivity contribution in [1.82, 2.24) is 20.2 Å². The van der Waals surface area contributed by atoms with Gasteiger partial charge in [-0.2, -0.15) is 0 Å². The molecule has 0 aliphatic heterocycles. The molecule has 1 aromatic heterocycles. The number of nitrogens with zero attached hydrogens (tertiary/aromatic N) is 4. The molecule has 9 heteroatoms. The molecule has 1 amide bonds. The van der Waals surface area contributed by atoms with Gasteiger partial charge in [0.15, 0.2) is 0 Å². The molecule has 2 rings (SSSR count). The molecular formula is C12H13N5O4. The summed E-state index contributed by atoms with van der Waals surface area (Å²) in [7, 11) is 0. The average Bonchev–Trinajstić information content (AvgIpc) is 2.94. The second-order valence-electron chi connectivity index (χ2n) is 4.19. The minimum atomic E-state index is -1.13. The maximum absolute atomic E-state index is 11.6. The van der Waals surface area contributed by atoms with E-state index in [0.717, 1.165) is 11.3 Å². The van der Waals surface area contributed by atoms with Crippen LogP contribution in [0.2, 0.25) is 0 Å². The summed E-state index contributed by atoms with van der Waals surface area (Å²) in [6.07, 6.45) is 1.45. The van der Waals surface area contributed by atoms with Gasteiger partial charge in [-0.25, -0.2) is 9.48 Å². The number of carbonyl (C=O) groups is 2. The van der Waals surface area contributed by atoms with Gasteiger partial charge in [0.25, 0.3) is 0 Å². The number of amides is 1. The third-order valence-corrected chi connectivity index (χ3v) is 2.55. The van der Waals surface area contributed by atoms with Crippen molar-refractivity contribution in [3.8, 4) is 5.69 Å². The van der Waals surface area contributed by atoms with Crippen molar-refractivity contribution in [3.05, 3.63) is 30.1 Å². The molecule has 0 radical (unpaired) electrons. The van der Waals surface area contributed by atoms with Gasteiger partial charge in [-0.1, -0.05) is 6.07 Å². The summed E-state index contributed by atoms with van der Waals surface area (Å²) in [5.41, 5.74) is 2.20. The second kappa shape index (κ2) is 6.57. The highest BCUT2D eigenvalue weighted by Gasteiger charge is 2.08. The number of aliphatic carboxylic acids is 1. The fraction of sp³-hybridized carbons (Fsp3) is 0.250. The number of hydrogen-bond donors (Lipinski definition) is 2. The number of hydrogen-bond acceptors (Lipinski definition) is 6. The normalized spacial score (nSPS) is 10.3. The fourth-order valence-corrected chi connectivity index (χ4v) is 1.63. The Balaban J connectivity index is 2.03. The Morgan fingerprint density at radius 3 is 2.86 bits per heavy atom. The van der Waals surface area contributed by atoms with Gasteiger partial charge >= 0.3 is 5.97 Å². The largest absolute Gasteiger partial charge is 0.480 e. The van der Waals surface area contributed by atoms with E-state index in [0.29, 0.717) is 5.69 Å². The molecular weight excluding hydrogens is 278 g/mol. The zero-order chi connectivity index (χ0) is 15.2. The number of ether oxygens (including phenoxy) is 1. The van der Waals surface area contributed by atoms with Crippen molar-refractivity contribution in [2.24, 2.45) is 0 Å². The molecule has 0 aliphatic rings. The van der Waals surface area contributed by atoms with Crippen LogP contribution >= 0.6 is 0 Å². The average molecular weight is 291 g/mol. The number of anilines is 1. The Hall–Kier alpha value is -2.81. The number of aromatic nitrogens is 4. The van der Waals surface area contributed by atoms with Gasteiger partial charge in [0, 0.05) is 5.69 Å². The second-order valence-corrected chi connectivity index (χ2v) is 4.19. The van der Waals surface area contributed by atoms with Crippen molar-refractivity contribution < 1.29 is 19.4 Å². The predicted molar refractivity (Wildman–Crippen MR) is 71.0 cm³/mol. The number of tetrazole rings is 1. The minimum absolute atomic E-state index is 0.333. The van der Waals surface area contributed by atoms with E-state index in [-0.39, 0.29) is 6.61 Å². The van der Waals surface area contributed by atoms with Crippen LogP contribution in [0.3, 0.4) is 0 Å². The fourth-order valence-electron chi connectivity index (χ4n) is 1.63. The molecule has 21 heavy (non-hydrogen) atoms. The number of nitrogens with one attached hydrogen (secondary N) is 1. The monoisotopic (exact) mass is 291 g/mol. The SMILES string of the molecule is Cc1ccc(NC(=O)COCC(=O)O)cc1-n1cnnn1. The first-order valence-corrected chi connectivity index (χ1v) is 5.99. The molecule has 0 fully saturated rings. The Kier molecular flexibility index (Phi) is 4.57. The summed E-state index contributed by atoms with van der Waals surface area (Å²) in [6, 6.07) is 5.24. The Morgan fingerprint density at radius 1 is 1.38 bits per heavy atom. The molecule has 0 aliphatic carbocycles.